The molecule has 1 atom stereocenters. The van der Waals surface area contributed by atoms with E-state index in [-0.39, 0.29) is 11.9 Å². The third-order valence-corrected chi connectivity index (χ3v) is 6.04. The highest BCUT2D eigenvalue weighted by molar-refractivity contribution is 9.10. The molecule has 4 rings (SSSR count). The lowest BCUT2D eigenvalue weighted by atomic mass is 10.1. The third kappa shape index (κ3) is 3.84. The molecule has 4 aromatic rings. The number of rotatable bonds is 5. The second kappa shape index (κ2) is 7.71. The Labute approximate surface area is 170 Å². The third-order valence-electron chi connectivity index (χ3n) is 4.66. The Morgan fingerprint density at radius 1 is 1.11 bits per heavy atom. The number of nitrogens with zero attached hydrogens (tertiary/aromatic N) is 1. The summed E-state index contributed by atoms with van der Waals surface area (Å²) in [4.78, 5) is 13.0. The van der Waals surface area contributed by atoms with Gasteiger partial charge in [-0.25, -0.2) is 0 Å². The number of hydrogen-bond donors (Lipinski definition) is 1. The van der Waals surface area contributed by atoms with Gasteiger partial charge in [-0.15, -0.1) is 11.3 Å². The highest BCUT2D eigenvalue weighted by Crippen LogP contribution is 2.27. The summed E-state index contributed by atoms with van der Waals surface area (Å²) in [5, 5.41) is 5.20. The Kier molecular flexibility index (Phi) is 5.14. The molecule has 136 valence electrons. The Morgan fingerprint density at radius 2 is 1.85 bits per heavy atom. The summed E-state index contributed by atoms with van der Waals surface area (Å²) in [5.74, 6) is -0.0492. The predicted octanol–water partition coefficient (Wildman–Crippen LogP) is 6.00. The molecule has 0 saturated carbocycles. The molecule has 0 fully saturated rings. The first-order valence-corrected chi connectivity index (χ1v) is 10.5. The van der Waals surface area contributed by atoms with Gasteiger partial charge in [0, 0.05) is 11.0 Å². The zero-order valence-electron chi connectivity index (χ0n) is 14.9. The van der Waals surface area contributed by atoms with Gasteiger partial charge < -0.3 is 9.88 Å². The van der Waals surface area contributed by atoms with Crippen molar-refractivity contribution in [3.8, 4) is 0 Å². The quantitative estimate of drug-likeness (QED) is 0.406. The Bertz CT molecular complexity index is 1070. The molecule has 2 aromatic carbocycles. The molecule has 0 bridgehead atoms. The summed E-state index contributed by atoms with van der Waals surface area (Å²) in [7, 11) is 0. The topological polar surface area (TPSA) is 34.0 Å². The summed E-state index contributed by atoms with van der Waals surface area (Å²) in [6.45, 7) is 2.67. The van der Waals surface area contributed by atoms with Crippen LogP contribution in [0, 0.1) is 0 Å². The van der Waals surface area contributed by atoms with Crippen molar-refractivity contribution in [2.75, 3.05) is 0 Å². The second-order valence-corrected chi connectivity index (χ2v) is 8.38. The minimum Gasteiger partial charge on any atom is -0.344 e. The smallest absolute Gasteiger partial charge is 0.268 e. The monoisotopic (exact) mass is 438 g/mol. The van der Waals surface area contributed by atoms with Crippen LogP contribution < -0.4 is 5.32 Å². The molecule has 0 saturated heterocycles. The van der Waals surface area contributed by atoms with Crippen LogP contribution in [0.3, 0.4) is 0 Å². The molecule has 1 unspecified atom stereocenters. The lowest BCUT2D eigenvalue weighted by Crippen LogP contribution is -2.28. The number of halogens is 1. The summed E-state index contributed by atoms with van der Waals surface area (Å²) >= 11 is 5.13. The molecule has 2 heterocycles. The minimum absolute atomic E-state index is 0.0484. The van der Waals surface area contributed by atoms with Gasteiger partial charge in [0.05, 0.1) is 16.3 Å². The molecule has 2 aromatic heterocycles. The van der Waals surface area contributed by atoms with E-state index in [0.717, 1.165) is 25.8 Å². The fourth-order valence-electron chi connectivity index (χ4n) is 3.20. The summed E-state index contributed by atoms with van der Waals surface area (Å²) < 4.78 is 4.28. The molecule has 5 heteroatoms. The molecular weight excluding hydrogens is 420 g/mol. The van der Waals surface area contributed by atoms with Crippen molar-refractivity contribution in [1.29, 1.82) is 0 Å². The van der Waals surface area contributed by atoms with E-state index in [1.807, 2.05) is 55.5 Å². The molecule has 0 spiro atoms. The van der Waals surface area contributed by atoms with E-state index in [9.17, 15) is 4.79 Å². The van der Waals surface area contributed by atoms with Crippen molar-refractivity contribution in [2.45, 2.75) is 19.5 Å². The Balaban J connectivity index is 1.63. The van der Waals surface area contributed by atoms with Gasteiger partial charge in [0.15, 0.2) is 0 Å². The maximum Gasteiger partial charge on any atom is 0.268 e. The highest BCUT2D eigenvalue weighted by atomic mass is 79.9. The number of thiophene rings is 1. The van der Waals surface area contributed by atoms with Crippen LogP contribution in [0.5, 0.6) is 0 Å². The normalized spacial score (nSPS) is 12.2. The fourth-order valence-corrected chi connectivity index (χ4v) is 4.29. The van der Waals surface area contributed by atoms with Gasteiger partial charge in [0.2, 0.25) is 0 Å². The van der Waals surface area contributed by atoms with Crippen LogP contribution in [0.2, 0.25) is 0 Å². The van der Waals surface area contributed by atoms with Gasteiger partial charge in [-0.2, -0.15) is 0 Å². The maximum atomic E-state index is 13.0. The number of fused-ring (bicyclic) bond motifs is 1. The summed E-state index contributed by atoms with van der Waals surface area (Å²) in [6.07, 6.45) is 0. The van der Waals surface area contributed by atoms with Gasteiger partial charge in [-0.05, 0) is 47.7 Å². The summed E-state index contributed by atoms with van der Waals surface area (Å²) in [5.41, 5.74) is 4.05. The molecule has 1 N–H and O–H groups in total. The van der Waals surface area contributed by atoms with Gasteiger partial charge >= 0.3 is 0 Å². The maximum absolute atomic E-state index is 13.0. The number of aromatic nitrogens is 1. The van der Waals surface area contributed by atoms with Crippen molar-refractivity contribution in [2.24, 2.45) is 0 Å². The molecule has 0 aliphatic rings. The van der Waals surface area contributed by atoms with Crippen LogP contribution in [0.15, 0.2) is 76.6 Å². The van der Waals surface area contributed by atoms with Crippen LogP contribution in [-0.2, 0) is 6.54 Å². The van der Waals surface area contributed by atoms with E-state index >= 15 is 0 Å². The molecule has 27 heavy (non-hydrogen) atoms. The van der Waals surface area contributed by atoms with Gasteiger partial charge in [0.25, 0.3) is 5.91 Å². The number of amides is 1. The molecule has 0 aliphatic carbocycles. The van der Waals surface area contributed by atoms with E-state index in [2.05, 4.69) is 49.4 Å². The number of carbonyl (C=O) groups is 1. The Morgan fingerprint density at radius 3 is 2.59 bits per heavy atom. The van der Waals surface area contributed by atoms with Crippen LogP contribution in [0.1, 0.15) is 34.6 Å². The van der Waals surface area contributed by atoms with Gasteiger partial charge in [-0.1, -0.05) is 58.4 Å². The van der Waals surface area contributed by atoms with Crippen LogP contribution >= 0.6 is 27.3 Å². The minimum atomic E-state index is -0.0492. The van der Waals surface area contributed by atoms with Crippen molar-refractivity contribution >= 4 is 43.4 Å². The van der Waals surface area contributed by atoms with E-state index in [1.165, 1.54) is 0 Å². The SMILES string of the molecule is CC(NC(=O)c1cc2sccc2n1Cc1ccc(Br)cc1)c1ccccc1. The largest absolute Gasteiger partial charge is 0.344 e. The number of carbonyl (C=O) groups excluding carboxylic acids is 1. The van der Waals surface area contributed by atoms with E-state index in [1.54, 1.807) is 11.3 Å². The lowest BCUT2D eigenvalue weighted by Gasteiger charge is -2.16. The Hall–Kier alpha value is -2.37. The van der Waals surface area contributed by atoms with Crippen molar-refractivity contribution in [1.82, 2.24) is 9.88 Å². The van der Waals surface area contributed by atoms with Gasteiger partial charge in [0.1, 0.15) is 5.69 Å². The molecule has 0 aliphatic heterocycles. The van der Waals surface area contributed by atoms with Crippen molar-refractivity contribution in [3.05, 3.63) is 93.4 Å². The first kappa shape index (κ1) is 18.0. The van der Waals surface area contributed by atoms with Crippen molar-refractivity contribution < 1.29 is 4.79 Å². The lowest BCUT2D eigenvalue weighted by molar-refractivity contribution is 0.0931. The van der Waals surface area contributed by atoms with E-state index in [4.69, 9.17) is 0 Å². The van der Waals surface area contributed by atoms with Gasteiger partial charge in [-0.3, -0.25) is 4.79 Å². The summed E-state index contributed by atoms with van der Waals surface area (Å²) in [6, 6.07) is 22.3. The van der Waals surface area contributed by atoms with Crippen LogP contribution in [-0.4, -0.2) is 10.5 Å². The second-order valence-electron chi connectivity index (χ2n) is 6.52. The first-order chi connectivity index (χ1) is 13.1. The average molecular weight is 439 g/mol. The van der Waals surface area contributed by atoms with Crippen LogP contribution in [0.25, 0.3) is 10.2 Å². The highest BCUT2D eigenvalue weighted by Gasteiger charge is 2.18. The number of benzene rings is 2. The zero-order valence-corrected chi connectivity index (χ0v) is 17.3. The van der Waals surface area contributed by atoms with Crippen LogP contribution in [0.4, 0.5) is 0 Å². The van der Waals surface area contributed by atoms with Crippen molar-refractivity contribution in [3.63, 3.8) is 0 Å². The standard InChI is InChI=1S/C22H19BrN2OS/c1-15(17-5-3-2-4-6-17)24-22(26)20-13-21-19(11-12-27-21)25(20)14-16-7-9-18(23)10-8-16/h2-13,15H,14H2,1H3,(H,24,26). The van der Waals surface area contributed by atoms with E-state index < -0.39 is 0 Å². The predicted molar refractivity (Wildman–Crippen MR) is 115 cm³/mol. The molecule has 3 nitrogen and oxygen atoms in total. The number of nitrogens with one attached hydrogen (secondary N) is 1. The first-order valence-electron chi connectivity index (χ1n) is 8.79. The average Bonchev–Trinajstić information content (AvgIpc) is 3.27. The number of hydrogen-bond acceptors (Lipinski definition) is 2. The molecular formula is C22H19BrN2OS. The fraction of sp³-hybridized carbons (Fsp3) is 0.136. The van der Waals surface area contributed by atoms with E-state index in [0.29, 0.717) is 12.2 Å². The zero-order chi connectivity index (χ0) is 18.8. The molecule has 0 radical (unpaired) electrons. The molecule has 1 amide bonds.